The molecule has 1 fully saturated rings. The molecule has 1 aromatic heterocycles. The maximum atomic E-state index is 4.03. The van der Waals surface area contributed by atoms with E-state index in [-0.39, 0.29) is 0 Å². The van der Waals surface area contributed by atoms with Gasteiger partial charge in [0.1, 0.15) is 0 Å². The van der Waals surface area contributed by atoms with Crippen molar-refractivity contribution in [3.8, 4) is 0 Å². The molecule has 90 valence electrons. The van der Waals surface area contributed by atoms with Gasteiger partial charge in [-0.1, -0.05) is 25.1 Å². The summed E-state index contributed by atoms with van der Waals surface area (Å²) >= 11 is 1.81. The summed E-state index contributed by atoms with van der Waals surface area (Å²) in [5.74, 6) is 0. The minimum Gasteiger partial charge on any atom is -0.314 e. The molecule has 0 aromatic carbocycles. The van der Waals surface area contributed by atoms with Crippen LogP contribution in [0.4, 0.5) is 0 Å². The van der Waals surface area contributed by atoms with Gasteiger partial charge in [-0.25, -0.2) is 4.68 Å². The van der Waals surface area contributed by atoms with Crippen LogP contribution < -0.4 is 5.32 Å². The first-order valence-electron chi connectivity index (χ1n) is 5.92. The minimum atomic E-state index is 0.655. The van der Waals surface area contributed by atoms with Gasteiger partial charge < -0.3 is 5.32 Å². The van der Waals surface area contributed by atoms with Gasteiger partial charge in [0.25, 0.3) is 0 Å². The van der Waals surface area contributed by atoms with Gasteiger partial charge >= 0.3 is 0 Å². The Morgan fingerprint density at radius 1 is 1.50 bits per heavy atom. The van der Waals surface area contributed by atoms with Crippen molar-refractivity contribution in [3.05, 3.63) is 0 Å². The van der Waals surface area contributed by atoms with Crippen LogP contribution in [0.1, 0.15) is 32.6 Å². The Bertz CT molecular complexity index is 325. The number of aryl methyl sites for hydroxylation is 1. The summed E-state index contributed by atoms with van der Waals surface area (Å²) in [6.45, 7) is 3.23. The Hall–Kier alpha value is -0.620. The molecule has 5 nitrogen and oxygen atoms in total. The fraction of sp³-hybridized carbons (Fsp3) is 0.900. The lowest BCUT2D eigenvalue weighted by Crippen LogP contribution is -2.34. The zero-order valence-electron chi connectivity index (χ0n) is 9.89. The van der Waals surface area contributed by atoms with Crippen molar-refractivity contribution in [3.63, 3.8) is 0 Å². The summed E-state index contributed by atoms with van der Waals surface area (Å²) in [4.78, 5) is 0. The molecule has 6 heteroatoms. The second kappa shape index (κ2) is 5.63. The van der Waals surface area contributed by atoms with Gasteiger partial charge in [0.15, 0.2) is 0 Å². The van der Waals surface area contributed by atoms with Crippen LogP contribution in [0.15, 0.2) is 5.16 Å². The summed E-state index contributed by atoms with van der Waals surface area (Å²) < 4.78 is 1.75. The maximum absolute atomic E-state index is 4.03. The van der Waals surface area contributed by atoms with Gasteiger partial charge in [0.2, 0.25) is 5.16 Å². The molecule has 0 bridgehead atoms. The zero-order valence-corrected chi connectivity index (χ0v) is 10.7. The van der Waals surface area contributed by atoms with Gasteiger partial charge in [0, 0.05) is 18.3 Å². The van der Waals surface area contributed by atoms with E-state index in [9.17, 15) is 0 Å². The molecular formula is C10H19N5S. The third-order valence-corrected chi connectivity index (χ3v) is 4.29. The summed E-state index contributed by atoms with van der Waals surface area (Å²) in [5.41, 5.74) is 0. The molecule has 1 heterocycles. The second-order valence-electron chi connectivity index (χ2n) is 4.25. The van der Waals surface area contributed by atoms with Crippen molar-refractivity contribution in [2.75, 3.05) is 6.54 Å². The van der Waals surface area contributed by atoms with E-state index in [1.165, 1.54) is 25.7 Å². The van der Waals surface area contributed by atoms with E-state index in [0.717, 1.165) is 11.7 Å². The molecule has 1 aromatic rings. The number of nitrogens with zero attached hydrogens (tertiary/aromatic N) is 4. The Labute approximate surface area is 100 Å². The van der Waals surface area contributed by atoms with E-state index < -0.39 is 0 Å². The van der Waals surface area contributed by atoms with Crippen molar-refractivity contribution in [2.24, 2.45) is 7.05 Å². The monoisotopic (exact) mass is 241 g/mol. The van der Waals surface area contributed by atoms with Gasteiger partial charge in [0.05, 0.1) is 0 Å². The van der Waals surface area contributed by atoms with Crippen LogP contribution in [0.5, 0.6) is 0 Å². The molecule has 0 aliphatic heterocycles. The van der Waals surface area contributed by atoms with Crippen LogP contribution in [0.25, 0.3) is 0 Å². The third-order valence-electron chi connectivity index (χ3n) is 2.97. The standard InChI is InChI=1S/C10H19N5S/c1-3-11-8-5-4-6-9(7-8)16-10-12-13-14-15(10)2/h8-9,11H,3-7H2,1-2H3. The maximum Gasteiger partial charge on any atom is 0.209 e. The van der Waals surface area contributed by atoms with Gasteiger partial charge in [-0.3, -0.25) is 0 Å². The quantitative estimate of drug-likeness (QED) is 0.859. The summed E-state index contributed by atoms with van der Waals surface area (Å²) in [7, 11) is 1.90. The predicted molar refractivity (Wildman–Crippen MR) is 64.4 cm³/mol. The normalized spacial score (nSPS) is 25.9. The third kappa shape index (κ3) is 2.95. The molecule has 16 heavy (non-hydrogen) atoms. The van der Waals surface area contributed by atoms with Crippen molar-refractivity contribution < 1.29 is 0 Å². The van der Waals surface area contributed by atoms with E-state index in [0.29, 0.717) is 11.3 Å². The molecular weight excluding hydrogens is 222 g/mol. The number of tetrazole rings is 1. The molecule has 0 amide bonds. The highest BCUT2D eigenvalue weighted by atomic mass is 32.2. The highest BCUT2D eigenvalue weighted by Gasteiger charge is 2.23. The van der Waals surface area contributed by atoms with E-state index in [4.69, 9.17) is 0 Å². The van der Waals surface area contributed by atoms with Crippen molar-refractivity contribution in [1.82, 2.24) is 25.5 Å². The summed E-state index contributed by atoms with van der Waals surface area (Å²) in [5, 5.41) is 16.7. The molecule has 0 spiro atoms. The fourth-order valence-corrected chi connectivity index (χ4v) is 3.38. The van der Waals surface area contributed by atoms with Crippen LogP contribution in [-0.2, 0) is 7.05 Å². The van der Waals surface area contributed by atoms with Crippen LogP contribution in [0, 0.1) is 0 Å². The molecule has 0 radical (unpaired) electrons. The first kappa shape index (κ1) is 11.9. The molecule has 0 saturated heterocycles. The lowest BCUT2D eigenvalue weighted by atomic mass is 9.95. The van der Waals surface area contributed by atoms with E-state index in [1.54, 1.807) is 4.68 Å². The van der Waals surface area contributed by atoms with Gasteiger partial charge in [-0.15, -0.1) is 5.10 Å². The SMILES string of the molecule is CCNC1CCCC(Sc2nnnn2C)C1. The Balaban J connectivity index is 1.88. The molecule has 1 N–H and O–H groups in total. The first-order chi connectivity index (χ1) is 7.79. The number of nitrogens with one attached hydrogen (secondary N) is 1. The molecule has 2 unspecified atom stereocenters. The number of rotatable bonds is 4. The van der Waals surface area contributed by atoms with Crippen LogP contribution in [0.2, 0.25) is 0 Å². The lowest BCUT2D eigenvalue weighted by molar-refractivity contribution is 0.387. The van der Waals surface area contributed by atoms with E-state index in [2.05, 4.69) is 27.8 Å². The fourth-order valence-electron chi connectivity index (χ4n) is 2.20. The molecule has 1 aliphatic rings. The second-order valence-corrected chi connectivity index (χ2v) is 5.51. The highest BCUT2D eigenvalue weighted by Crippen LogP contribution is 2.32. The first-order valence-corrected chi connectivity index (χ1v) is 6.80. The van der Waals surface area contributed by atoms with Crippen LogP contribution >= 0.6 is 11.8 Å². The average molecular weight is 241 g/mol. The largest absolute Gasteiger partial charge is 0.314 e. The number of thioether (sulfide) groups is 1. The molecule has 1 saturated carbocycles. The number of aromatic nitrogens is 4. The van der Waals surface area contributed by atoms with Gasteiger partial charge in [-0.05, 0) is 36.2 Å². The summed E-state index contributed by atoms with van der Waals surface area (Å²) in [6, 6.07) is 0.678. The van der Waals surface area contributed by atoms with Gasteiger partial charge in [-0.2, -0.15) is 0 Å². The molecule has 1 aliphatic carbocycles. The Kier molecular flexibility index (Phi) is 4.17. The molecule has 2 rings (SSSR count). The minimum absolute atomic E-state index is 0.655. The van der Waals surface area contributed by atoms with E-state index >= 15 is 0 Å². The summed E-state index contributed by atoms with van der Waals surface area (Å²) in [6.07, 6.45) is 5.12. The van der Waals surface area contributed by atoms with Crippen molar-refractivity contribution >= 4 is 11.8 Å². The van der Waals surface area contributed by atoms with E-state index in [1.807, 2.05) is 18.8 Å². The van der Waals surface area contributed by atoms with Crippen molar-refractivity contribution in [1.29, 1.82) is 0 Å². The van der Waals surface area contributed by atoms with Crippen LogP contribution in [-0.4, -0.2) is 38.0 Å². The average Bonchev–Trinajstić information content (AvgIpc) is 2.66. The Morgan fingerprint density at radius 2 is 2.38 bits per heavy atom. The molecule has 2 atom stereocenters. The Morgan fingerprint density at radius 3 is 3.06 bits per heavy atom. The lowest BCUT2D eigenvalue weighted by Gasteiger charge is -2.28. The predicted octanol–water partition coefficient (Wildman–Crippen LogP) is 1.22. The highest BCUT2D eigenvalue weighted by molar-refractivity contribution is 7.99. The van der Waals surface area contributed by atoms with Crippen LogP contribution in [0.3, 0.4) is 0 Å². The van der Waals surface area contributed by atoms with Crippen molar-refractivity contribution in [2.45, 2.75) is 49.1 Å². The number of hydrogen-bond donors (Lipinski definition) is 1. The number of hydrogen-bond acceptors (Lipinski definition) is 5. The topological polar surface area (TPSA) is 55.6 Å². The zero-order chi connectivity index (χ0) is 11.4. The smallest absolute Gasteiger partial charge is 0.209 e.